The van der Waals surface area contributed by atoms with Gasteiger partial charge in [-0.15, -0.1) is 0 Å². The summed E-state index contributed by atoms with van der Waals surface area (Å²) in [6.45, 7) is 0. The lowest BCUT2D eigenvalue weighted by Gasteiger charge is -2.13. The van der Waals surface area contributed by atoms with Crippen molar-refractivity contribution in [3.63, 3.8) is 0 Å². The molecule has 0 aliphatic carbocycles. The van der Waals surface area contributed by atoms with Crippen LogP contribution in [0.2, 0.25) is 0 Å². The summed E-state index contributed by atoms with van der Waals surface area (Å²) in [7, 11) is 9.33. The van der Waals surface area contributed by atoms with Gasteiger partial charge in [-0.05, 0) is 53.5 Å². The molecule has 0 aliphatic heterocycles. The molecule has 0 aromatic heterocycles. The smallest absolute Gasteiger partial charge is 0.203 e. The first-order chi connectivity index (χ1) is 18.0. The van der Waals surface area contributed by atoms with Gasteiger partial charge in [-0.1, -0.05) is 42.5 Å². The van der Waals surface area contributed by atoms with Crippen molar-refractivity contribution in [2.75, 3.05) is 42.7 Å². The van der Waals surface area contributed by atoms with E-state index in [1.807, 2.05) is 54.6 Å². The van der Waals surface area contributed by atoms with Crippen LogP contribution < -0.4 is 28.4 Å². The Balaban J connectivity index is 1.67. The van der Waals surface area contributed by atoms with Crippen molar-refractivity contribution in [2.45, 2.75) is 6.42 Å². The predicted octanol–water partition coefficient (Wildman–Crippen LogP) is 5.89. The van der Waals surface area contributed by atoms with Gasteiger partial charge in [-0.2, -0.15) is 0 Å². The molecular weight excluding hydrogens is 472 g/mol. The maximum absolute atomic E-state index is 12.7. The van der Waals surface area contributed by atoms with Gasteiger partial charge in [0, 0.05) is 5.56 Å². The lowest BCUT2D eigenvalue weighted by molar-refractivity contribution is 0.104. The van der Waals surface area contributed by atoms with E-state index in [1.54, 1.807) is 39.5 Å². The van der Waals surface area contributed by atoms with E-state index in [0.717, 1.165) is 16.7 Å². The summed E-state index contributed by atoms with van der Waals surface area (Å²) < 4.78 is 32.2. The van der Waals surface area contributed by atoms with Crippen LogP contribution >= 0.6 is 0 Å². The fourth-order valence-electron chi connectivity index (χ4n) is 3.78. The molecule has 3 aromatic rings. The van der Waals surface area contributed by atoms with Crippen molar-refractivity contribution in [3.05, 3.63) is 82.9 Å². The van der Waals surface area contributed by atoms with Crippen LogP contribution in [0.15, 0.2) is 60.7 Å². The molecule has 7 nitrogen and oxygen atoms in total. The minimum atomic E-state index is -0.149. The molecule has 37 heavy (non-hydrogen) atoms. The van der Waals surface area contributed by atoms with Gasteiger partial charge in [0.2, 0.25) is 11.5 Å². The molecule has 0 fully saturated rings. The first-order valence-electron chi connectivity index (χ1n) is 11.6. The Bertz CT molecular complexity index is 1220. The van der Waals surface area contributed by atoms with E-state index >= 15 is 0 Å². The van der Waals surface area contributed by atoms with E-state index in [4.69, 9.17) is 28.4 Å². The van der Waals surface area contributed by atoms with Gasteiger partial charge in [0.25, 0.3) is 0 Å². The van der Waals surface area contributed by atoms with Crippen molar-refractivity contribution >= 4 is 17.9 Å². The zero-order chi connectivity index (χ0) is 26.8. The standard InChI is InChI=1S/C30H32O7/c1-32-25-16-22(17-26(33-2)29(25)36-5)15-14-21-12-10-20(11-13-21)8-7-9-24(31)23-18-27(34-3)30(37-6)28(19-23)35-4/h7,9-19H,8H2,1-6H3/b9-7-,15-14-. The molecule has 0 unspecified atom stereocenters. The maximum Gasteiger partial charge on any atom is 0.203 e. The highest BCUT2D eigenvalue weighted by atomic mass is 16.5. The van der Waals surface area contributed by atoms with E-state index in [9.17, 15) is 4.79 Å². The molecule has 0 heterocycles. The topological polar surface area (TPSA) is 72.5 Å². The van der Waals surface area contributed by atoms with Gasteiger partial charge >= 0.3 is 0 Å². The number of methoxy groups -OCH3 is 6. The number of carbonyl (C=O) groups is 1. The summed E-state index contributed by atoms with van der Waals surface area (Å²) in [6.07, 6.45) is 8.00. The van der Waals surface area contributed by atoms with Crippen LogP contribution in [0.3, 0.4) is 0 Å². The van der Waals surface area contributed by atoms with Crippen LogP contribution in [0.5, 0.6) is 34.5 Å². The Morgan fingerprint density at radius 3 is 1.54 bits per heavy atom. The van der Waals surface area contributed by atoms with Gasteiger partial charge < -0.3 is 28.4 Å². The van der Waals surface area contributed by atoms with E-state index in [2.05, 4.69) is 0 Å². The van der Waals surface area contributed by atoms with Crippen molar-refractivity contribution in [1.29, 1.82) is 0 Å². The quantitative estimate of drug-likeness (QED) is 0.173. The Labute approximate surface area is 217 Å². The Hall–Kier alpha value is -4.39. The van der Waals surface area contributed by atoms with Gasteiger partial charge in [-0.25, -0.2) is 0 Å². The third-order valence-corrected chi connectivity index (χ3v) is 5.71. The molecule has 0 spiro atoms. The van der Waals surface area contributed by atoms with Gasteiger partial charge in [0.15, 0.2) is 28.8 Å². The highest BCUT2D eigenvalue weighted by molar-refractivity contribution is 6.05. The monoisotopic (exact) mass is 504 g/mol. The number of rotatable bonds is 12. The summed E-state index contributed by atoms with van der Waals surface area (Å²) in [5.74, 6) is 2.94. The normalized spacial score (nSPS) is 11.0. The van der Waals surface area contributed by atoms with E-state index in [0.29, 0.717) is 46.5 Å². The molecular formula is C30H32O7. The molecule has 0 amide bonds. The van der Waals surface area contributed by atoms with Crippen LogP contribution in [0.1, 0.15) is 27.0 Å². The van der Waals surface area contributed by atoms with Gasteiger partial charge in [0.05, 0.1) is 42.7 Å². The van der Waals surface area contributed by atoms with Crippen molar-refractivity contribution < 1.29 is 33.2 Å². The lowest BCUT2D eigenvalue weighted by Crippen LogP contribution is -2.00. The molecule has 3 aromatic carbocycles. The number of ketones is 1. The van der Waals surface area contributed by atoms with Crippen LogP contribution in [0, 0.1) is 0 Å². The molecule has 0 saturated heterocycles. The summed E-state index contributed by atoms with van der Waals surface area (Å²) in [4.78, 5) is 12.7. The Morgan fingerprint density at radius 2 is 1.08 bits per heavy atom. The van der Waals surface area contributed by atoms with Crippen LogP contribution in [0.25, 0.3) is 12.2 Å². The number of hydrogen-bond acceptors (Lipinski definition) is 7. The van der Waals surface area contributed by atoms with Crippen LogP contribution in [-0.4, -0.2) is 48.4 Å². The molecule has 194 valence electrons. The molecule has 0 radical (unpaired) electrons. The van der Waals surface area contributed by atoms with Gasteiger partial charge in [0.1, 0.15) is 0 Å². The second-order valence-electron chi connectivity index (χ2n) is 7.92. The minimum Gasteiger partial charge on any atom is -0.493 e. The fraction of sp³-hybridized carbons (Fsp3) is 0.233. The average Bonchev–Trinajstić information content (AvgIpc) is 2.94. The first-order valence-corrected chi connectivity index (χ1v) is 11.6. The third-order valence-electron chi connectivity index (χ3n) is 5.71. The van der Waals surface area contributed by atoms with E-state index in [1.165, 1.54) is 21.3 Å². The van der Waals surface area contributed by atoms with E-state index < -0.39 is 0 Å². The van der Waals surface area contributed by atoms with Gasteiger partial charge in [-0.3, -0.25) is 4.79 Å². The average molecular weight is 505 g/mol. The third kappa shape index (κ3) is 6.64. The fourth-order valence-corrected chi connectivity index (χ4v) is 3.78. The molecule has 0 N–H and O–H groups in total. The highest BCUT2D eigenvalue weighted by Gasteiger charge is 2.16. The Kier molecular flexibility index (Phi) is 9.61. The largest absolute Gasteiger partial charge is 0.493 e. The van der Waals surface area contributed by atoms with Crippen molar-refractivity contribution in [1.82, 2.24) is 0 Å². The molecule has 7 heteroatoms. The number of ether oxygens (including phenoxy) is 6. The lowest BCUT2D eigenvalue weighted by atomic mass is 10.1. The number of benzene rings is 3. The summed E-state index contributed by atoms with van der Waals surface area (Å²) in [5, 5.41) is 0. The molecule has 0 aliphatic rings. The molecule has 3 rings (SSSR count). The molecule has 0 saturated carbocycles. The summed E-state index contributed by atoms with van der Waals surface area (Å²) in [5.41, 5.74) is 3.50. The first kappa shape index (κ1) is 27.2. The van der Waals surface area contributed by atoms with Crippen molar-refractivity contribution in [3.8, 4) is 34.5 Å². The zero-order valence-corrected chi connectivity index (χ0v) is 22.0. The minimum absolute atomic E-state index is 0.149. The zero-order valence-electron chi connectivity index (χ0n) is 22.0. The van der Waals surface area contributed by atoms with Crippen LogP contribution in [0.4, 0.5) is 0 Å². The SMILES string of the molecule is COc1cc(/C=C\c2ccc(C/C=C\C(=O)c3cc(OC)c(OC)c(OC)c3)cc2)cc(OC)c1OC. The second kappa shape index (κ2) is 13.1. The molecule has 0 atom stereocenters. The predicted molar refractivity (Wildman–Crippen MR) is 145 cm³/mol. The number of hydrogen-bond donors (Lipinski definition) is 0. The summed E-state index contributed by atoms with van der Waals surface area (Å²) >= 11 is 0. The molecule has 0 bridgehead atoms. The van der Waals surface area contributed by atoms with Crippen LogP contribution in [-0.2, 0) is 6.42 Å². The number of carbonyl (C=O) groups excluding carboxylic acids is 1. The second-order valence-corrected chi connectivity index (χ2v) is 7.92. The maximum atomic E-state index is 12.7. The summed E-state index contributed by atoms with van der Waals surface area (Å²) in [6, 6.07) is 15.2. The Morgan fingerprint density at radius 1 is 0.622 bits per heavy atom. The van der Waals surface area contributed by atoms with Crippen molar-refractivity contribution in [2.24, 2.45) is 0 Å². The highest BCUT2D eigenvalue weighted by Crippen LogP contribution is 2.39. The van der Waals surface area contributed by atoms with E-state index in [-0.39, 0.29) is 5.78 Å². The number of allylic oxidation sites excluding steroid dienone is 2.